The Bertz CT molecular complexity index is 1730. The number of hydrogen-bond donors (Lipinski definition) is 1. The van der Waals surface area contributed by atoms with Crippen molar-refractivity contribution in [3.8, 4) is 17.2 Å². The molecule has 1 N–H and O–H groups in total. The van der Waals surface area contributed by atoms with Gasteiger partial charge in [-0.15, -0.1) is 0 Å². The maximum absolute atomic E-state index is 13.8. The lowest BCUT2D eigenvalue weighted by molar-refractivity contribution is -0.136. The highest BCUT2D eigenvalue weighted by Gasteiger charge is 2.35. The SMILES string of the molecule is CCC(=O)CCCN1CCN(C(=O)Cc2c[nH]c3ncccc23)C(c2ncc(-c3cc4ccccc4nc3OC)o2)C1. The first-order valence-corrected chi connectivity index (χ1v) is 14.4. The summed E-state index contributed by atoms with van der Waals surface area (Å²) in [5.74, 6) is 1.70. The third-order valence-corrected chi connectivity index (χ3v) is 7.94. The Hall–Kier alpha value is -4.57. The van der Waals surface area contributed by atoms with Gasteiger partial charge in [0.1, 0.15) is 17.5 Å². The van der Waals surface area contributed by atoms with Gasteiger partial charge in [0.15, 0.2) is 5.76 Å². The van der Waals surface area contributed by atoms with Crippen LogP contribution in [0.5, 0.6) is 5.88 Å². The highest BCUT2D eigenvalue weighted by Crippen LogP contribution is 2.35. The summed E-state index contributed by atoms with van der Waals surface area (Å²) in [7, 11) is 1.58. The molecule has 1 atom stereocenters. The van der Waals surface area contributed by atoms with Gasteiger partial charge in [-0.2, -0.15) is 0 Å². The van der Waals surface area contributed by atoms with Gasteiger partial charge in [-0.3, -0.25) is 14.5 Å². The number of carbonyl (C=O) groups excluding carboxylic acids is 2. The minimum absolute atomic E-state index is 0.00438. The molecular weight excluding hydrogens is 532 g/mol. The van der Waals surface area contributed by atoms with Crippen LogP contribution in [-0.2, 0) is 16.0 Å². The highest BCUT2D eigenvalue weighted by molar-refractivity contribution is 5.87. The summed E-state index contributed by atoms with van der Waals surface area (Å²) in [6, 6.07) is 13.3. The molecule has 0 radical (unpaired) electrons. The van der Waals surface area contributed by atoms with Crippen molar-refractivity contribution in [2.75, 3.05) is 33.3 Å². The van der Waals surface area contributed by atoms with Crippen molar-refractivity contribution in [2.45, 2.75) is 38.6 Å². The number of pyridine rings is 2. The van der Waals surface area contributed by atoms with E-state index >= 15 is 0 Å². The monoisotopic (exact) mass is 566 g/mol. The lowest BCUT2D eigenvalue weighted by Crippen LogP contribution is -2.51. The van der Waals surface area contributed by atoms with E-state index in [-0.39, 0.29) is 24.2 Å². The van der Waals surface area contributed by atoms with Crippen LogP contribution in [0.25, 0.3) is 33.3 Å². The molecule has 10 heteroatoms. The molecule has 1 saturated heterocycles. The van der Waals surface area contributed by atoms with Gasteiger partial charge in [0.05, 0.1) is 30.8 Å². The van der Waals surface area contributed by atoms with Gasteiger partial charge < -0.3 is 19.0 Å². The van der Waals surface area contributed by atoms with Crippen LogP contribution >= 0.6 is 0 Å². The second-order valence-corrected chi connectivity index (χ2v) is 10.6. The maximum Gasteiger partial charge on any atom is 0.227 e. The number of methoxy groups -OCH3 is 1. The topological polar surface area (TPSA) is 117 Å². The summed E-state index contributed by atoms with van der Waals surface area (Å²) in [6.45, 7) is 4.48. The van der Waals surface area contributed by atoms with Crippen molar-refractivity contribution in [3.63, 3.8) is 0 Å². The minimum atomic E-state index is -0.385. The van der Waals surface area contributed by atoms with Crippen LogP contribution < -0.4 is 4.74 Å². The van der Waals surface area contributed by atoms with Crippen molar-refractivity contribution in [1.82, 2.24) is 29.7 Å². The number of ketones is 1. The molecule has 1 aromatic carbocycles. The number of fused-ring (bicyclic) bond motifs is 2. The number of aromatic amines is 1. The number of benzene rings is 1. The van der Waals surface area contributed by atoms with Crippen LogP contribution in [-0.4, -0.2) is 74.7 Å². The molecule has 4 aromatic heterocycles. The van der Waals surface area contributed by atoms with Crippen molar-refractivity contribution in [1.29, 1.82) is 0 Å². The van der Waals surface area contributed by atoms with Crippen LogP contribution in [0.4, 0.5) is 0 Å². The molecule has 1 fully saturated rings. The first kappa shape index (κ1) is 27.6. The molecule has 1 aliphatic heterocycles. The standard InChI is InChI=1S/C32H34N6O4/c1-3-23(39)9-7-13-37-14-15-38(29(40)17-22-18-34-30-24(22)10-6-12-33-30)27(20-37)32-35-19-28(42-32)25-16-21-8-4-5-11-26(21)36-31(25)41-2/h4-6,8,10-12,16,18-19,27H,3,7,9,13-15,17,20H2,1-2H3,(H,33,34). The summed E-state index contributed by atoms with van der Waals surface area (Å²) in [5, 5.41) is 1.90. The lowest BCUT2D eigenvalue weighted by atomic mass is 10.1. The zero-order valence-electron chi connectivity index (χ0n) is 23.9. The summed E-state index contributed by atoms with van der Waals surface area (Å²) in [4.78, 5) is 46.7. The molecule has 5 heterocycles. The summed E-state index contributed by atoms with van der Waals surface area (Å²) in [6.07, 6.45) is 7.40. The average Bonchev–Trinajstić information content (AvgIpc) is 3.68. The largest absolute Gasteiger partial charge is 0.480 e. The molecule has 42 heavy (non-hydrogen) atoms. The Morgan fingerprint density at radius 1 is 1.14 bits per heavy atom. The molecule has 10 nitrogen and oxygen atoms in total. The molecule has 5 aromatic rings. The van der Waals surface area contributed by atoms with Gasteiger partial charge in [0, 0.05) is 55.6 Å². The van der Waals surface area contributed by atoms with E-state index in [0.717, 1.165) is 40.5 Å². The van der Waals surface area contributed by atoms with Crippen molar-refractivity contribution in [2.24, 2.45) is 0 Å². The second kappa shape index (κ2) is 12.1. The smallest absolute Gasteiger partial charge is 0.227 e. The summed E-state index contributed by atoms with van der Waals surface area (Å²) < 4.78 is 12.0. The first-order valence-electron chi connectivity index (χ1n) is 14.4. The molecule has 6 rings (SSSR count). The van der Waals surface area contributed by atoms with E-state index in [0.29, 0.717) is 55.6 Å². The Balaban J connectivity index is 1.28. The first-order chi connectivity index (χ1) is 20.5. The molecular formula is C32H34N6O4. The number of amides is 1. The number of rotatable bonds is 10. The quantitative estimate of drug-likeness (QED) is 0.252. The fraction of sp³-hybridized carbons (Fsp3) is 0.344. The molecule has 1 amide bonds. The number of carbonyl (C=O) groups is 2. The van der Waals surface area contributed by atoms with Crippen molar-refractivity contribution >= 4 is 33.6 Å². The third-order valence-electron chi connectivity index (χ3n) is 7.94. The summed E-state index contributed by atoms with van der Waals surface area (Å²) >= 11 is 0. The fourth-order valence-corrected chi connectivity index (χ4v) is 5.65. The van der Waals surface area contributed by atoms with E-state index < -0.39 is 0 Å². The Kier molecular flexibility index (Phi) is 7.96. The molecule has 216 valence electrons. The Labute approximate surface area is 243 Å². The molecule has 1 aliphatic rings. The number of piperazine rings is 1. The highest BCUT2D eigenvalue weighted by atomic mass is 16.5. The number of nitrogens with zero attached hydrogens (tertiary/aromatic N) is 5. The van der Waals surface area contributed by atoms with E-state index in [1.54, 1.807) is 19.5 Å². The zero-order valence-corrected chi connectivity index (χ0v) is 23.9. The van der Waals surface area contributed by atoms with E-state index in [2.05, 4.69) is 24.8 Å². The van der Waals surface area contributed by atoms with Crippen molar-refractivity contribution < 1.29 is 18.7 Å². The van der Waals surface area contributed by atoms with Gasteiger partial charge in [-0.1, -0.05) is 25.1 Å². The van der Waals surface area contributed by atoms with Gasteiger partial charge in [0.2, 0.25) is 17.7 Å². The van der Waals surface area contributed by atoms with E-state index in [1.807, 2.05) is 60.5 Å². The average molecular weight is 567 g/mol. The lowest BCUT2D eigenvalue weighted by Gasteiger charge is -2.40. The number of aromatic nitrogens is 4. The zero-order chi connectivity index (χ0) is 29.1. The number of para-hydroxylation sites is 1. The van der Waals surface area contributed by atoms with Gasteiger partial charge in [-0.05, 0) is 42.8 Å². The van der Waals surface area contributed by atoms with Gasteiger partial charge in [-0.25, -0.2) is 15.0 Å². The van der Waals surface area contributed by atoms with E-state index in [1.165, 1.54) is 0 Å². The number of nitrogens with one attached hydrogen (secondary N) is 1. The number of H-pyrrole nitrogens is 1. The predicted molar refractivity (Wildman–Crippen MR) is 159 cm³/mol. The normalized spacial score (nSPS) is 15.9. The summed E-state index contributed by atoms with van der Waals surface area (Å²) in [5.41, 5.74) is 3.19. The van der Waals surface area contributed by atoms with Crippen LogP contribution in [0, 0.1) is 0 Å². The van der Waals surface area contributed by atoms with Crippen molar-refractivity contribution in [3.05, 3.63) is 72.5 Å². The molecule has 0 aliphatic carbocycles. The number of Topliss-reactive ketones (excluding diaryl/α,β-unsaturated/α-hetero) is 1. The molecule has 0 spiro atoms. The van der Waals surface area contributed by atoms with E-state index in [9.17, 15) is 9.59 Å². The van der Waals surface area contributed by atoms with Crippen LogP contribution in [0.2, 0.25) is 0 Å². The fourth-order valence-electron chi connectivity index (χ4n) is 5.65. The third kappa shape index (κ3) is 5.62. The van der Waals surface area contributed by atoms with E-state index in [4.69, 9.17) is 9.15 Å². The Morgan fingerprint density at radius 3 is 2.88 bits per heavy atom. The molecule has 1 unspecified atom stereocenters. The minimum Gasteiger partial charge on any atom is -0.480 e. The maximum atomic E-state index is 13.8. The van der Waals surface area contributed by atoms with Crippen LogP contribution in [0.3, 0.4) is 0 Å². The second-order valence-electron chi connectivity index (χ2n) is 10.6. The Morgan fingerprint density at radius 2 is 2.02 bits per heavy atom. The molecule has 0 saturated carbocycles. The van der Waals surface area contributed by atoms with Gasteiger partial charge >= 0.3 is 0 Å². The van der Waals surface area contributed by atoms with Gasteiger partial charge in [0.25, 0.3) is 0 Å². The number of hydrogen-bond acceptors (Lipinski definition) is 8. The van der Waals surface area contributed by atoms with Crippen LogP contribution in [0.1, 0.15) is 43.7 Å². The molecule has 0 bridgehead atoms. The predicted octanol–water partition coefficient (Wildman–Crippen LogP) is 4.96. The number of ether oxygens (including phenoxy) is 1. The van der Waals surface area contributed by atoms with Crippen LogP contribution in [0.15, 0.2) is 65.5 Å². The number of oxazole rings is 1.